The summed E-state index contributed by atoms with van der Waals surface area (Å²) in [4.78, 5) is 43.8. The van der Waals surface area contributed by atoms with Gasteiger partial charge in [0.2, 0.25) is 5.91 Å². The van der Waals surface area contributed by atoms with Gasteiger partial charge in [-0.15, -0.1) is 11.3 Å². The molecule has 1 amide bonds. The number of hydrogen-bond donors (Lipinski definition) is 1. The molecule has 10 heteroatoms. The van der Waals surface area contributed by atoms with Gasteiger partial charge in [-0.2, -0.15) is 0 Å². The summed E-state index contributed by atoms with van der Waals surface area (Å²) in [6.07, 6.45) is 0. The lowest BCUT2D eigenvalue weighted by molar-refractivity contribution is -0.116. The minimum Gasteiger partial charge on any atom is -0.322 e. The van der Waals surface area contributed by atoms with Gasteiger partial charge in [0.25, 0.3) is 5.56 Å². The van der Waals surface area contributed by atoms with Gasteiger partial charge in [-0.25, -0.2) is 18.7 Å². The van der Waals surface area contributed by atoms with Crippen LogP contribution >= 0.6 is 23.1 Å². The molecule has 2 heterocycles. The van der Waals surface area contributed by atoms with E-state index in [0.29, 0.717) is 10.0 Å². The highest BCUT2D eigenvalue weighted by Crippen LogP contribution is 2.27. The van der Waals surface area contributed by atoms with Crippen molar-refractivity contribution in [2.45, 2.75) is 31.7 Å². The van der Waals surface area contributed by atoms with Crippen LogP contribution in [-0.2, 0) is 11.3 Å². The Morgan fingerprint density at radius 1 is 1.12 bits per heavy atom. The summed E-state index contributed by atoms with van der Waals surface area (Å²) in [6.45, 7) is 5.18. The van der Waals surface area contributed by atoms with E-state index in [1.54, 1.807) is 37.3 Å². The highest BCUT2D eigenvalue weighted by Gasteiger charge is 2.21. The highest BCUT2D eigenvalue weighted by atomic mass is 32.2. The largest absolute Gasteiger partial charge is 0.337 e. The number of hydrogen-bond acceptors (Lipinski definition) is 6. The van der Waals surface area contributed by atoms with Crippen LogP contribution in [0.3, 0.4) is 0 Å². The van der Waals surface area contributed by atoms with Crippen molar-refractivity contribution in [1.82, 2.24) is 14.1 Å². The normalized spacial score (nSPS) is 11.2. The van der Waals surface area contributed by atoms with Crippen LogP contribution in [0.1, 0.15) is 18.1 Å². The van der Waals surface area contributed by atoms with Crippen molar-refractivity contribution in [3.05, 3.63) is 80.2 Å². The number of rotatable bonds is 6. The molecule has 0 radical (unpaired) electrons. The monoisotopic (exact) mass is 484 g/mol. The molecule has 4 rings (SSSR count). The Bertz CT molecular complexity index is 1470. The quantitative estimate of drug-likeness (QED) is 0.416. The molecule has 1 N–H and O–H groups in total. The molecule has 0 aliphatic rings. The highest BCUT2D eigenvalue weighted by molar-refractivity contribution is 8.01. The first kappa shape index (κ1) is 22.9. The second-order valence-corrected chi connectivity index (χ2v) is 9.95. The molecule has 33 heavy (non-hydrogen) atoms. The number of nitrogens with zero attached hydrogens (tertiary/aromatic N) is 3. The average molecular weight is 485 g/mol. The van der Waals surface area contributed by atoms with Gasteiger partial charge in [0.1, 0.15) is 17.1 Å². The minimum atomic E-state index is -0.686. The Balaban J connectivity index is 1.83. The molecule has 0 bridgehead atoms. The number of thioether (sulfide) groups is 1. The van der Waals surface area contributed by atoms with Gasteiger partial charge in [-0.05, 0) is 49.4 Å². The predicted octanol–water partition coefficient (Wildman–Crippen LogP) is 4.12. The van der Waals surface area contributed by atoms with Crippen LogP contribution in [0.5, 0.6) is 0 Å². The number of nitrogens with one attached hydrogen (secondary N) is 1. The van der Waals surface area contributed by atoms with E-state index < -0.39 is 29.5 Å². The van der Waals surface area contributed by atoms with E-state index in [2.05, 4.69) is 10.3 Å². The lowest BCUT2D eigenvalue weighted by atomic mass is 10.2. The van der Waals surface area contributed by atoms with Crippen molar-refractivity contribution in [2.75, 3.05) is 11.1 Å². The SMILES string of the molecule is CCSc1nc2c(s1)c(=O)n(-c1ccc(C)cc1)c(=O)n2CC(=O)Nc1ccc(C)cc1F. The second kappa shape index (κ2) is 9.32. The van der Waals surface area contributed by atoms with Crippen molar-refractivity contribution < 1.29 is 9.18 Å². The minimum absolute atomic E-state index is 0.0160. The molecule has 0 spiro atoms. The summed E-state index contributed by atoms with van der Waals surface area (Å²) in [5.41, 5.74) is 1.09. The third kappa shape index (κ3) is 4.62. The average Bonchev–Trinajstić information content (AvgIpc) is 3.19. The number of amides is 1. The Morgan fingerprint density at radius 2 is 1.82 bits per heavy atom. The summed E-state index contributed by atoms with van der Waals surface area (Å²) in [5, 5.41) is 2.50. The van der Waals surface area contributed by atoms with Crippen LogP contribution in [0.4, 0.5) is 10.1 Å². The van der Waals surface area contributed by atoms with Crippen LogP contribution in [0.15, 0.2) is 56.4 Å². The first-order valence-corrected chi connectivity index (χ1v) is 12.0. The summed E-state index contributed by atoms with van der Waals surface area (Å²) >= 11 is 2.63. The van der Waals surface area contributed by atoms with Gasteiger partial charge in [0.05, 0.1) is 11.4 Å². The summed E-state index contributed by atoms with van der Waals surface area (Å²) in [5.74, 6) is -0.433. The molecule has 0 aliphatic heterocycles. The Kier molecular flexibility index (Phi) is 6.48. The molecular formula is C23H21FN4O3S2. The molecule has 0 saturated carbocycles. The van der Waals surface area contributed by atoms with Crippen LogP contribution in [0.2, 0.25) is 0 Å². The van der Waals surface area contributed by atoms with E-state index in [-0.39, 0.29) is 16.0 Å². The molecule has 170 valence electrons. The zero-order valence-corrected chi connectivity index (χ0v) is 19.8. The van der Waals surface area contributed by atoms with E-state index in [0.717, 1.165) is 26.0 Å². The molecule has 2 aromatic heterocycles. The van der Waals surface area contributed by atoms with E-state index in [1.165, 1.54) is 35.2 Å². The van der Waals surface area contributed by atoms with Crippen molar-refractivity contribution in [2.24, 2.45) is 0 Å². The van der Waals surface area contributed by atoms with Gasteiger partial charge in [0, 0.05) is 0 Å². The molecule has 0 aliphatic carbocycles. The Morgan fingerprint density at radius 3 is 2.48 bits per heavy atom. The molecule has 0 atom stereocenters. The maximum atomic E-state index is 14.2. The first-order valence-electron chi connectivity index (χ1n) is 10.2. The molecule has 0 unspecified atom stereocenters. The number of fused-ring (bicyclic) bond motifs is 1. The number of thiazole rings is 1. The van der Waals surface area contributed by atoms with Crippen molar-refractivity contribution in [3.63, 3.8) is 0 Å². The van der Waals surface area contributed by atoms with Crippen LogP contribution in [-0.4, -0.2) is 25.8 Å². The topological polar surface area (TPSA) is 86.0 Å². The molecule has 4 aromatic rings. The van der Waals surface area contributed by atoms with Gasteiger partial charge in [-0.3, -0.25) is 14.2 Å². The third-order valence-corrected chi connectivity index (χ3v) is 6.98. The summed E-state index contributed by atoms with van der Waals surface area (Å²) in [6, 6.07) is 11.4. The summed E-state index contributed by atoms with van der Waals surface area (Å²) < 4.78 is 17.3. The van der Waals surface area contributed by atoms with Gasteiger partial charge in [-0.1, -0.05) is 42.4 Å². The lowest BCUT2D eigenvalue weighted by Gasteiger charge is -2.12. The number of anilines is 1. The predicted molar refractivity (Wildman–Crippen MR) is 130 cm³/mol. The zero-order chi connectivity index (χ0) is 23.7. The number of halogens is 1. The van der Waals surface area contributed by atoms with E-state index in [4.69, 9.17) is 0 Å². The second-order valence-electron chi connectivity index (χ2n) is 7.44. The molecule has 7 nitrogen and oxygen atoms in total. The van der Waals surface area contributed by atoms with Gasteiger partial charge < -0.3 is 5.32 Å². The Labute approximate surface area is 196 Å². The lowest BCUT2D eigenvalue weighted by Crippen LogP contribution is -2.40. The smallest absolute Gasteiger partial charge is 0.322 e. The zero-order valence-electron chi connectivity index (χ0n) is 18.2. The maximum absolute atomic E-state index is 14.2. The van der Waals surface area contributed by atoms with Crippen molar-refractivity contribution in [1.29, 1.82) is 0 Å². The number of aromatic nitrogens is 3. The molecule has 0 fully saturated rings. The Hall–Kier alpha value is -3.24. The summed E-state index contributed by atoms with van der Waals surface area (Å²) in [7, 11) is 0. The van der Waals surface area contributed by atoms with E-state index in [1.807, 2.05) is 13.8 Å². The molecule has 2 aromatic carbocycles. The molecule has 0 saturated heterocycles. The van der Waals surface area contributed by atoms with Crippen molar-refractivity contribution >= 4 is 45.0 Å². The van der Waals surface area contributed by atoms with Crippen LogP contribution in [0.25, 0.3) is 16.0 Å². The number of carbonyl (C=O) groups is 1. The van der Waals surface area contributed by atoms with Gasteiger partial charge >= 0.3 is 5.69 Å². The number of carbonyl (C=O) groups excluding carboxylic acids is 1. The fourth-order valence-corrected chi connectivity index (χ4v) is 5.29. The third-order valence-electron chi connectivity index (χ3n) is 4.93. The van der Waals surface area contributed by atoms with Gasteiger partial charge in [0.15, 0.2) is 9.99 Å². The number of benzene rings is 2. The fraction of sp³-hybridized carbons (Fsp3) is 0.217. The van der Waals surface area contributed by atoms with E-state index in [9.17, 15) is 18.8 Å². The maximum Gasteiger partial charge on any atom is 0.337 e. The van der Waals surface area contributed by atoms with Crippen LogP contribution < -0.4 is 16.6 Å². The first-order chi connectivity index (χ1) is 15.8. The fourth-order valence-electron chi connectivity index (χ4n) is 3.32. The van der Waals surface area contributed by atoms with Crippen LogP contribution in [0, 0.1) is 19.7 Å². The number of aryl methyl sites for hydroxylation is 2. The van der Waals surface area contributed by atoms with Crippen molar-refractivity contribution in [3.8, 4) is 5.69 Å². The standard InChI is InChI=1S/C23H21FN4O3S2/c1-4-32-22-26-20-19(33-22)21(30)28(15-8-5-13(2)6-9-15)23(31)27(20)12-18(29)25-17-10-7-14(3)11-16(17)24/h5-11H,4,12H2,1-3H3,(H,25,29). The van der Waals surface area contributed by atoms with E-state index >= 15 is 0 Å². The molecular weight excluding hydrogens is 463 g/mol.